The average molecular weight is 455 g/mol. The summed E-state index contributed by atoms with van der Waals surface area (Å²) in [7, 11) is 1.75. The average Bonchev–Trinajstić information content (AvgIpc) is 3.56. The minimum absolute atomic E-state index is 0.0461. The van der Waals surface area contributed by atoms with E-state index in [1.165, 1.54) is 17.8 Å². The lowest BCUT2D eigenvalue weighted by atomic mass is 10.2. The molecule has 1 aliphatic carbocycles. The Morgan fingerprint density at radius 3 is 2.69 bits per heavy atom. The second-order valence-electron chi connectivity index (χ2n) is 7.95. The van der Waals surface area contributed by atoms with Crippen molar-refractivity contribution in [3.63, 3.8) is 0 Å². The Morgan fingerprint density at radius 2 is 1.91 bits per heavy atom. The molecule has 2 heterocycles. The van der Waals surface area contributed by atoms with Crippen LogP contribution in [0, 0.1) is 5.82 Å². The Labute approximate surface area is 189 Å². The number of hydrogen-bond donors (Lipinski definition) is 0. The molecule has 3 aromatic rings. The first-order valence-corrected chi connectivity index (χ1v) is 11.5. The molecule has 0 spiro atoms. The number of hydrogen-bond acceptors (Lipinski definition) is 6. The summed E-state index contributed by atoms with van der Waals surface area (Å²) >= 11 is 1.33. The molecule has 0 saturated heterocycles. The third-order valence-corrected chi connectivity index (χ3v) is 6.41. The van der Waals surface area contributed by atoms with Gasteiger partial charge in [0, 0.05) is 13.1 Å². The van der Waals surface area contributed by atoms with E-state index in [9.17, 15) is 9.18 Å². The number of benzene rings is 2. The summed E-state index contributed by atoms with van der Waals surface area (Å²) in [4.78, 5) is 14.4. The van der Waals surface area contributed by atoms with Gasteiger partial charge in [0.05, 0.1) is 17.9 Å². The van der Waals surface area contributed by atoms with Crippen LogP contribution in [0.4, 0.5) is 4.39 Å². The van der Waals surface area contributed by atoms with E-state index >= 15 is 0 Å². The van der Waals surface area contributed by atoms with Crippen molar-refractivity contribution in [1.29, 1.82) is 0 Å². The fourth-order valence-corrected chi connectivity index (χ4v) is 4.61. The van der Waals surface area contributed by atoms with Gasteiger partial charge >= 0.3 is 0 Å². The van der Waals surface area contributed by atoms with Crippen molar-refractivity contribution in [3.8, 4) is 22.9 Å². The van der Waals surface area contributed by atoms with Crippen molar-refractivity contribution in [2.45, 2.75) is 30.1 Å². The molecular formula is C23H23FN4O3S. The smallest absolute Gasteiger partial charge is 0.232 e. The third-order valence-electron chi connectivity index (χ3n) is 5.49. The quantitative estimate of drug-likeness (QED) is 0.506. The minimum Gasteiger partial charge on any atom is -0.486 e. The number of halogens is 1. The molecule has 0 unspecified atom stereocenters. The Bertz CT molecular complexity index is 1130. The second-order valence-corrected chi connectivity index (χ2v) is 8.89. The first-order chi connectivity index (χ1) is 15.6. The third kappa shape index (κ3) is 4.29. The lowest BCUT2D eigenvalue weighted by Crippen LogP contribution is -2.42. The first-order valence-electron chi connectivity index (χ1n) is 10.5. The van der Waals surface area contributed by atoms with Crippen molar-refractivity contribution in [1.82, 2.24) is 19.7 Å². The molecule has 1 amide bonds. The van der Waals surface area contributed by atoms with Crippen LogP contribution in [0.5, 0.6) is 11.5 Å². The number of carbonyl (C=O) groups excluding carboxylic acids is 1. The number of rotatable bonds is 7. The van der Waals surface area contributed by atoms with Crippen LogP contribution in [0.15, 0.2) is 53.7 Å². The molecule has 1 fully saturated rings. The predicted octanol–water partition coefficient (Wildman–Crippen LogP) is 3.81. The number of nitrogens with zero attached hydrogens (tertiary/aromatic N) is 4. The predicted molar refractivity (Wildman–Crippen MR) is 118 cm³/mol. The zero-order valence-corrected chi connectivity index (χ0v) is 18.4. The number of thioether (sulfide) groups is 1. The van der Waals surface area contributed by atoms with E-state index in [0.29, 0.717) is 35.4 Å². The van der Waals surface area contributed by atoms with Gasteiger partial charge < -0.3 is 14.4 Å². The highest BCUT2D eigenvalue weighted by Crippen LogP contribution is 2.41. The Balaban J connectivity index is 1.22. The highest BCUT2D eigenvalue weighted by atomic mass is 32.2. The molecule has 0 N–H and O–H groups in total. The summed E-state index contributed by atoms with van der Waals surface area (Å²) in [6, 6.07) is 14.3. The normalized spacial score (nSPS) is 17.2. The maximum atomic E-state index is 14.3. The highest BCUT2D eigenvalue weighted by molar-refractivity contribution is 7.99. The zero-order valence-electron chi connectivity index (χ0n) is 17.6. The van der Waals surface area contributed by atoms with Crippen molar-refractivity contribution in [2.75, 3.05) is 26.0 Å². The largest absolute Gasteiger partial charge is 0.486 e. The summed E-state index contributed by atoms with van der Waals surface area (Å²) in [6.07, 6.45) is 1.77. The Morgan fingerprint density at radius 1 is 1.16 bits per heavy atom. The lowest BCUT2D eigenvalue weighted by molar-refractivity contribution is -0.128. The van der Waals surface area contributed by atoms with Crippen LogP contribution in [0.2, 0.25) is 0 Å². The van der Waals surface area contributed by atoms with Gasteiger partial charge in [0.25, 0.3) is 0 Å². The molecule has 2 aromatic carbocycles. The van der Waals surface area contributed by atoms with Crippen LogP contribution in [-0.4, -0.2) is 57.6 Å². The van der Waals surface area contributed by atoms with Crippen LogP contribution in [-0.2, 0) is 4.79 Å². The second kappa shape index (κ2) is 8.82. The number of amides is 1. The van der Waals surface area contributed by atoms with Crippen molar-refractivity contribution < 1.29 is 18.7 Å². The molecule has 1 aromatic heterocycles. The van der Waals surface area contributed by atoms with Crippen LogP contribution in [0.3, 0.4) is 0 Å². The maximum absolute atomic E-state index is 14.3. The van der Waals surface area contributed by atoms with Gasteiger partial charge in [-0.05, 0) is 37.1 Å². The molecule has 1 saturated carbocycles. The van der Waals surface area contributed by atoms with Crippen LogP contribution < -0.4 is 9.47 Å². The van der Waals surface area contributed by atoms with E-state index in [4.69, 9.17) is 9.47 Å². The number of ether oxygens (including phenoxy) is 2. The fourth-order valence-electron chi connectivity index (χ4n) is 3.66. The molecule has 9 heteroatoms. The minimum atomic E-state index is -0.328. The van der Waals surface area contributed by atoms with Crippen molar-refractivity contribution in [3.05, 3.63) is 54.3 Å². The Hall–Kier alpha value is -3.07. The van der Waals surface area contributed by atoms with Gasteiger partial charge in [0.2, 0.25) is 5.91 Å². The zero-order chi connectivity index (χ0) is 22.1. The summed E-state index contributed by atoms with van der Waals surface area (Å²) in [5, 5.41) is 9.14. The van der Waals surface area contributed by atoms with Gasteiger partial charge in [0.15, 0.2) is 28.6 Å². The van der Waals surface area contributed by atoms with Crippen molar-refractivity contribution in [2.24, 2.45) is 0 Å². The van der Waals surface area contributed by atoms with Gasteiger partial charge in [-0.3, -0.25) is 9.36 Å². The molecule has 5 rings (SSSR count). The molecule has 1 aliphatic heterocycles. The van der Waals surface area contributed by atoms with Gasteiger partial charge in [-0.2, -0.15) is 0 Å². The van der Waals surface area contributed by atoms with E-state index < -0.39 is 0 Å². The number of para-hydroxylation sites is 2. The van der Waals surface area contributed by atoms with E-state index in [2.05, 4.69) is 10.2 Å². The topological polar surface area (TPSA) is 69.5 Å². The molecule has 7 nitrogen and oxygen atoms in total. The van der Waals surface area contributed by atoms with E-state index in [1.54, 1.807) is 30.1 Å². The number of aromatic nitrogens is 3. The molecule has 0 bridgehead atoms. The molecule has 2 aliphatic rings. The SMILES string of the molecule is CN(C[C@H]1COc2ccccc2O1)C(=O)CSc1nnc(-c2ccccc2F)n1C1CC1. The molecule has 0 radical (unpaired) electrons. The summed E-state index contributed by atoms with van der Waals surface area (Å²) in [5.74, 6) is 1.76. The summed E-state index contributed by atoms with van der Waals surface area (Å²) in [6.45, 7) is 0.813. The molecule has 32 heavy (non-hydrogen) atoms. The van der Waals surface area contributed by atoms with Crippen LogP contribution in [0.1, 0.15) is 18.9 Å². The van der Waals surface area contributed by atoms with E-state index in [1.807, 2.05) is 28.8 Å². The lowest BCUT2D eigenvalue weighted by Gasteiger charge is -2.29. The maximum Gasteiger partial charge on any atom is 0.232 e. The first kappa shape index (κ1) is 20.8. The fraction of sp³-hybridized carbons (Fsp3) is 0.348. The number of likely N-dealkylation sites (N-methyl/N-ethyl adjacent to an activating group) is 1. The van der Waals surface area contributed by atoms with Gasteiger partial charge in [0.1, 0.15) is 12.4 Å². The highest BCUT2D eigenvalue weighted by Gasteiger charge is 2.31. The van der Waals surface area contributed by atoms with E-state index in [-0.39, 0.29) is 29.6 Å². The standard InChI is InChI=1S/C23H23FN4O3S/c1-27(12-16-13-30-19-8-4-5-9-20(19)31-16)21(29)14-32-23-26-25-22(28(23)15-10-11-15)17-6-2-3-7-18(17)24/h2-9,15-16H,10-14H2,1H3/t16-/m0/s1. The summed E-state index contributed by atoms with van der Waals surface area (Å²) < 4.78 is 28.0. The van der Waals surface area contributed by atoms with Gasteiger partial charge in [-0.25, -0.2) is 4.39 Å². The monoisotopic (exact) mass is 454 g/mol. The Kier molecular flexibility index (Phi) is 5.73. The summed E-state index contributed by atoms with van der Waals surface area (Å²) in [5.41, 5.74) is 0.428. The van der Waals surface area contributed by atoms with Crippen LogP contribution in [0.25, 0.3) is 11.4 Å². The van der Waals surface area contributed by atoms with Gasteiger partial charge in [-0.15, -0.1) is 10.2 Å². The number of fused-ring (bicyclic) bond motifs is 1. The van der Waals surface area contributed by atoms with E-state index in [0.717, 1.165) is 18.6 Å². The number of carbonyl (C=O) groups is 1. The molecule has 1 atom stereocenters. The van der Waals surface area contributed by atoms with Gasteiger partial charge in [-0.1, -0.05) is 36.0 Å². The van der Waals surface area contributed by atoms with Crippen molar-refractivity contribution >= 4 is 17.7 Å². The molecule has 166 valence electrons. The molecular weight excluding hydrogens is 431 g/mol. The van der Waals surface area contributed by atoms with Crippen LogP contribution >= 0.6 is 11.8 Å².